The van der Waals surface area contributed by atoms with Crippen molar-refractivity contribution in [2.24, 2.45) is 0 Å². The molecule has 0 atom stereocenters. The Bertz CT molecular complexity index is 1010. The highest BCUT2D eigenvalue weighted by molar-refractivity contribution is 7.90. The molecule has 154 valence electrons. The SMILES string of the molecule is Cc1c(NC2CCN(S(=O)(=O)C3CC3)CC2)nn2c(C(F)(F)F)nnc2c1C. The molecule has 0 bridgehead atoms. The van der Waals surface area contributed by atoms with E-state index in [2.05, 4.69) is 20.6 Å². The van der Waals surface area contributed by atoms with E-state index in [-0.39, 0.29) is 16.9 Å². The number of anilines is 1. The van der Waals surface area contributed by atoms with Crippen LogP contribution in [0.25, 0.3) is 5.65 Å². The van der Waals surface area contributed by atoms with Gasteiger partial charge in [-0.3, -0.25) is 0 Å². The molecule has 12 heteroatoms. The van der Waals surface area contributed by atoms with E-state index in [4.69, 9.17) is 0 Å². The molecule has 28 heavy (non-hydrogen) atoms. The van der Waals surface area contributed by atoms with E-state index in [0.717, 1.165) is 17.4 Å². The van der Waals surface area contributed by atoms with Gasteiger partial charge in [-0.2, -0.15) is 17.7 Å². The second kappa shape index (κ2) is 6.55. The van der Waals surface area contributed by atoms with Crippen LogP contribution in [0.3, 0.4) is 0 Å². The molecule has 4 rings (SSSR count). The second-order valence-electron chi connectivity index (χ2n) is 7.42. The van der Waals surface area contributed by atoms with Gasteiger partial charge in [0.15, 0.2) is 11.5 Å². The van der Waals surface area contributed by atoms with Crippen LogP contribution in [0.2, 0.25) is 0 Å². The van der Waals surface area contributed by atoms with Crippen LogP contribution in [0.15, 0.2) is 0 Å². The van der Waals surface area contributed by atoms with Crippen LogP contribution in [0.5, 0.6) is 0 Å². The highest BCUT2D eigenvalue weighted by Crippen LogP contribution is 2.33. The Morgan fingerprint density at radius 3 is 2.25 bits per heavy atom. The van der Waals surface area contributed by atoms with Crippen molar-refractivity contribution in [3.05, 3.63) is 17.0 Å². The molecule has 0 amide bonds. The normalized spacial score (nSPS) is 20.0. The zero-order valence-electron chi connectivity index (χ0n) is 15.5. The number of piperidine rings is 1. The lowest BCUT2D eigenvalue weighted by Gasteiger charge is -2.32. The maximum absolute atomic E-state index is 13.2. The largest absolute Gasteiger partial charge is 0.453 e. The van der Waals surface area contributed by atoms with Crippen molar-refractivity contribution in [1.29, 1.82) is 0 Å². The number of hydrogen-bond acceptors (Lipinski definition) is 6. The highest BCUT2D eigenvalue weighted by Gasteiger charge is 2.41. The predicted molar refractivity (Wildman–Crippen MR) is 95.4 cm³/mol. The first kappa shape index (κ1) is 19.4. The van der Waals surface area contributed by atoms with Crippen LogP contribution in [0.1, 0.15) is 42.6 Å². The van der Waals surface area contributed by atoms with Crippen molar-refractivity contribution in [2.45, 2.75) is 57.0 Å². The van der Waals surface area contributed by atoms with Crippen molar-refractivity contribution in [2.75, 3.05) is 18.4 Å². The number of hydrogen-bond donors (Lipinski definition) is 1. The van der Waals surface area contributed by atoms with Crippen molar-refractivity contribution in [3.63, 3.8) is 0 Å². The molecule has 1 saturated heterocycles. The van der Waals surface area contributed by atoms with E-state index in [1.807, 2.05) is 0 Å². The lowest BCUT2D eigenvalue weighted by atomic mass is 10.1. The van der Waals surface area contributed by atoms with E-state index in [1.165, 1.54) is 4.31 Å². The average molecular weight is 418 g/mol. The van der Waals surface area contributed by atoms with Crippen LogP contribution in [0, 0.1) is 13.8 Å². The van der Waals surface area contributed by atoms with Crippen LogP contribution in [-0.2, 0) is 16.2 Å². The fourth-order valence-electron chi connectivity index (χ4n) is 3.47. The summed E-state index contributed by atoms with van der Waals surface area (Å²) in [6, 6.07) is -0.0699. The number of fused-ring (bicyclic) bond motifs is 1. The molecule has 0 radical (unpaired) electrons. The maximum Gasteiger partial charge on any atom is 0.453 e. The zero-order valence-corrected chi connectivity index (χ0v) is 16.3. The number of nitrogens with zero attached hydrogens (tertiary/aromatic N) is 5. The average Bonchev–Trinajstić information content (AvgIpc) is 3.40. The molecule has 0 unspecified atom stereocenters. The smallest absolute Gasteiger partial charge is 0.366 e. The number of aryl methyl sites for hydroxylation is 1. The van der Waals surface area contributed by atoms with E-state index in [0.29, 0.717) is 42.9 Å². The lowest BCUT2D eigenvalue weighted by molar-refractivity contribution is -0.146. The Hall–Kier alpha value is -1.95. The Kier molecular flexibility index (Phi) is 4.53. The molecule has 0 aromatic carbocycles. The topological polar surface area (TPSA) is 92.5 Å². The first-order valence-corrected chi connectivity index (χ1v) is 10.6. The maximum atomic E-state index is 13.2. The summed E-state index contributed by atoms with van der Waals surface area (Å²) in [6.07, 6.45) is -2.07. The van der Waals surface area contributed by atoms with Gasteiger partial charge in [0.1, 0.15) is 0 Å². The molecule has 2 aromatic rings. The monoisotopic (exact) mass is 418 g/mol. The summed E-state index contributed by atoms with van der Waals surface area (Å²) in [7, 11) is -3.20. The molecule has 1 saturated carbocycles. The number of sulfonamides is 1. The molecule has 2 fully saturated rings. The first-order valence-electron chi connectivity index (χ1n) is 9.14. The van der Waals surface area contributed by atoms with Crippen molar-refractivity contribution < 1.29 is 21.6 Å². The molecule has 1 aliphatic heterocycles. The molecule has 2 aliphatic rings. The molecule has 2 aromatic heterocycles. The van der Waals surface area contributed by atoms with Gasteiger partial charge in [-0.05, 0) is 45.1 Å². The summed E-state index contributed by atoms with van der Waals surface area (Å²) in [4.78, 5) is 0. The fraction of sp³-hybridized carbons (Fsp3) is 0.688. The Labute approximate surface area is 160 Å². The number of rotatable bonds is 4. The third-order valence-electron chi connectivity index (χ3n) is 5.45. The van der Waals surface area contributed by atoms with E-state index in [9.17, 15) is 21.6 Å². The molecule has 3 heterocycles. The van der Waals surface area contributed by atoms with Gasteiger partial charge in [0.2, 0.25) is 10.0 Å². The summed E-state index contributed by atoms with van der Waals surface area (Å²) >= 11 is 0. The first-order chi connectivity index (χ1) is 13.1. The Morgan fingerprint density at radius 1 is 1.04 bits per heavy atom. The molecule has 1 N–H and O–H groups in total. The third kappa shape index (κ3) is 3.32. The minimum atomic E-state index is -4.66. The van der Waals surface area contributed by atoms with Crippen molar-refractivity contribution in [3.8, 4) is 0 Å². The summed E-state index contributed by atoms with van der Waals surface area (Å²) in [5.41, 5.74) is 1.33. The molecular formula is C16H21F3N6O2S. The zero-order chi connectivity index (χ0) is 20.3. The number of aromatic nitrogens is 4. The summed E-state index contributed by atoms with van der Waals surface area (Å²) in [5, 5.41) is 13.9. The number of nitrogens with one attached hydrogen (secondary N) is 1. The Morgan fingerprint density at radius 2 is 1.68 bits per heavy atom. The standard InChI is InChI=1S/C16H21F3N6O2S/c1-9-10(2)14-21-22-15(16(17,18)19)25(14)23-13(9)20-11-5-7-24(8-6-11)28(26,27)12-3-4-12/h11-12H,3-8H2,1-2H3,(H,20,23). The molecule has 8 nitrogen and oxygen atoms in total. The van der Waals surface area contributed by atoms with Crippen LogP contribution in [0.4, 0.5) is 19.0 Å². The van der Waals surface area contributed by atoms with Gasteiger partial charge in [-0.15, -0.1) is 15.3 Å². The summed E-state index contributed by atoms with van der Waals surface area (Å²) in [5.74, 6) is -0.835. The van der Waals surface area contributed by atoms with Gasteiger partial charge >= 0.3 is 6.18 Å². The molecular weight excluding hydrogens is 397 g/mol. The second-order valence-corrected chi connectivity index (χ2v) is 9.63. The Balaban J connectivity index is 1.54. The van der Waals surface area contributed by atoms with Gasteiger partial charge < -0.3 is 5.32 Å². The van der Waals surface area contributed by atoms with Gasteiger partial charge in [-0.1, -0.05) is 0 Å². The predicted octanol–water partition coefficient (Wildman–Crippen LogP) is 2.13. The van der Waals surface area contributed by atoms with Crippen LogP contribution < -0.4 is 5.32 Å². The molecule has 1 aliphatic carbocycles. The van der Waals surface area contributed by atoms with Gasteiger partial charge in [0, 0.05) is 24.7 Å². The minimum Gasteiger partial charge on any atom is -0.366 e. The van der Waals surface area contributed by atoms with Gasteiger partial charge in [0.05, 0.1) is 5.25 Å². The van der Waals surface area contributed by atoms with Crippen molar-refractivity contribution >= 4 is 21.5 Å². The third-order valence-corrected chi connectivity index (χ3v) is 7.85. The lowest BCUT2D eigenvalue weighted by Crippen LogP contribution is -2.43. The molecule has 0 spiro atoms. The quantitative estimate of drug-likeness (QED) is 0.818. The number of alkyl halides is 3. The van der Waals surface area contributed by atoms with E-state index >= 15 is 0 Å². The van der Waals surface area contributed by atoms with Crippen molar-refractivity contribution in [1.82, 2.24) is 24.1 Å². The fourth-order valence-corrected chi connectivity index (χ4v) is 5.34. The van der Waals surface area contributed by atoms with Crippen LogP contribution in [-0.4, -0.2) is 56.9 Å². The summed E-state index contributed by atoms with van der Waals surface area (Å²) in [6.45, 7) is 4.24. The van der Waals surface area contributed by atoms with Gasteiger partial charge in [-0.25, -0.2) is 12.7 Å². The number of halogens is 3. The van der Waals surface area contributed by atoms with E-state index < -0.39 is 22.0 Å². The van der Waals surface area contributed by atoms with Gasteiger partial charge in [0.25, 0.3) is 5.82 Å². The minimum absolute atomic E-state index is 0.0699. The van der Waals surface area contributed by atoms with Crippen LogP contribution >= 0.6 is 0 Å². The van der Waals surface area contributed by atoms with E-state index in [1.54, 1.807) is 13.8 Å². The summed E-state index contributed by atoms with van der Waals surface area (Å²) < 4.78 is 66.4. The highest BCUT2D eigenvalue weighted by atomic mass is 32.2.